The van der Waals surface area contributed by atoms with E-state index in [1.165, 1.54) is 0 Å². The lowest BCUT2D eigenvalue weighted by molar-refractivity contribution is -0.193. The second kappa shape index (κ2) is 8.41. The number of aliphatic hydroxyl groups is 1. The molecule has 8 nitrogen and oxygen atoms in total. The van der Waals surface area contributed by atoms with Gasteiger partial charge in [0.15, 0.2) is 0 Å². The number of aromatic nitrogens is 2. The fourth-order valence-corrected chi connectivity index (χ4v) is 3.91. The minimum atomic E-state index is -0.779. The zero-order valence-corrected chi connectivity index (χ0v) is 18.1. The first-order valence-corrected chi connectivity index (χ1v) is 10.7. The standard InChI is InChI=1S/C22H20BrN3O5/c23-16-3-1-2-15(8-16)21-24-20(26-31-21)14-4-6-18(7-5-14)29-11-17-9-19(30-25-17)10-22(27)12-28-13-22/h1-8,19,27H,9-13H2. The van der Waals surface area contributed by atoms with E-state index in [2.05, 4.69) is 31.2 Å². The molecule has 1 fully saturated rings. The third kappa shape index (κ3) is 4.63. The molecule has 2 aromatic carbocycles. The molecular formula is C22H20BrN3O5. The van der Waals surface area contributed by atoms with Crippen LogP contribution in [0.2, 0.25) is 0 Å². The molecule has 5 rings (SSSR count). The molecule has 160 valence electrons. The number of ether oxygens (including phenoxy) is 2. The van der Waals surface area contributed by atoms with E-state index in [1.54, 1.807) is 0 Å². The van der Waals surface area contributed by atoms with E-state index in [4.69, 9.17) is 18.8 Å². The largest absolute Gasteiger partial charge is 0.488 e. The maximum Gasteiger partial charge on any atom is 0.258 e. The molecule has 3 heterocycles. The molecule has 1 unspecified atom stereocenters. The summed E-state index contributed by atoms with van der Waals surface area (Å²) in [5, 5.41) is 18.3. The van der Waals surface area contributed by atoms with Crippen LogP contribution in [0.1, 0.15) is 12.8 Å². The van der Waals surface area contributed by atoms with Crippen LogP contribution >= 0.6 is 15.9 Å². The molecule has 1 atom stereocenters. The fraction of sp³-hybridized carbons (Fsp3) is 0.318. The van der Waals surface area contributed by atoms with E-state index in [0.29, 0.717) is 50.1 Å². The molecular weight excluding hydrogens is 466 g/mol. The highest BCUT2D eigenvalue weighted by atomic mass is 79.9. The smallest absolute Gasteiger partial charge is 0.258 e. The summed E-state index contributed by atoms with van der Waals surface area (Å²) >= 11 is 3.44. The Bertz CT molecular complexity index is 1090. The van der Waals surface area contributed by atoms with E-state index >= 15 is 0 Å². The molecule has 0 aliphatic carbocycles. The molecule has 1 aromatic heterocycles. The topological polar surface area (TPSA) is 99.2 Å². The first-order chi connectivity index (χ1) is 15.1. The minimum absolute atomic E-state index is 0.132. The van der Waals surface area contributed by atoms with Crippen LogP contribution in [0.5, 0.6) is 5.75 Å². The van der Waals surface area contributed by atoms with Gasteiger partial charge in [0.05, 0.1) is 18.9 Å². The fourth-order valence-electron chi connectivity index (χ4n) is 3.51. The molecule has 31 heavy (non-hydrogen) atoms. The summed E-state index contributed by atoms with van der Waals surface area (Å²) in [5.74, 6) is 1.68. The van der Waals surface area contributed by atoms with Gasteiger partial charge in [-0.15, -0.1) is 0 Å². The third-order valence-corrected chi connectivity index (χ3v) is 5.65. The molecule has 1 N–H and O–H groups in total. The number of nitrogens with zero attached hydrogens (tertiary/aromatic N) is 3. The SMILES string of the molecule is OC1(CC2CC(COc3ccc(-c4noc(-c5cccc(Br)c5)n4)cc3)=NO2)COC1. The Morgan fingerprint density at radius 1 is 1.13 bits per heavy atom. The van der Waals surface area contributed by atoms with Gasteiger partial charge in [0.1, 0.15) is 24.1 Å². The summed E-state index contributed by atoms with van der Waals surface area (Å²) in [6.45, 7) is 1.05. The van der Waals surface area contributed by atoms with Crippen molar-refractivity contribution in [3.8, 4) is 28.6 Å². The third-order valence-electron chi connectivity index (χ3n) is 5.16. The van der Waals surface area contributed by atoms with E-state index in [-0.39, 0.29) is 6.10 Å². The Hall–Kier alpha value is -2.75. The van der Waals surface area contributed by atoms with E-state index in [1.807, 2.05) is 48.5 Å². The van der Waals surface area contributed by atoms with Crippen LogP contribution in [-0.2, 0) is 9.57 Å². The summed E-state index contributed by atoms with van der Waals surface area (Å²) < 4.78 is 17.2. The Balaban J connectivity index is 1.16. The number of hydrogen-bond donors (Lipinski definition) is 1. The normalized spacial score (nSPS) is 19.4. The number of oxime groups is 1. The van der Waals surface area contributed by atoms with Crippen molar-refractivity contribution in [2.75, 3.05) is 19.8 Å². The van der Waals surface area contributed by atoms with Gasteiger partial charge in [0.2, 0.25) is 5.82 Å². The summed E-state index contributed by atoms with van der Waals surface area (Å²) in [7, 11) is 0. The Morgan fingerprint density at radius 3 is 2.71 bits per heavy atom. The zero-order valence-electron chi connectivity index (χ0n) is 16.5. The lowest BCUT2D eigenvalue weighted by Crippen LogP contribution is -2.51. The van der Waals surface area contributed by atoms with Gasteiger partial charge in [-0.05, 0) is 42.5 Å². The molecule has 1 saturated heterocycles. The Kier molecular flexibility index (Phi) is 5.47. The van der Waals surface area contributed by atoms with Crippen LogP contribution in [0, 0.1) is 0 Å². The van der Waals surface area contributed by atoms with Crippen molar-refractivity contribution in [1.29, 1.82) is 0 Å². The second-order valence-electron chi connectivity index (χ2n) is 7.76. The molecule has 0 radical (unpaired) electrons. The lowest BCUT2D eigenvalue weighted by Gasteiger charge is -2.37. The zero-order chi connectivity index (χ0) is 21.3. The van der Waals surface area contributed by atoms with Gasteiger partial charge in [-0.25, -0.2) is 0 Å². The summed E-state index contributed by atoms with van der Waals surface area (Å²) in [6.07, 6.45) is 1.02. The van der Waals surface area contributed by atoms with Crippen molar-refractivity contribution in [3.05, 3.63) is 53.0 Å². The van der Waals surface area contributed by atoms with Gasteiger partial charge in [-0.2, -0.15) is 4.98 Å². The second-order valence-corrected chi connectivity index (χ2v) is 8.67. The molecule has 0 spiro atoms. The number of rotatable bonds is 7. The van der Waals surface area contributed by atoms with E-state index in [9.17, 15) is 5.11 Å². The lowest BCUT2D eigenvalue weighted by atomic mass is 9.92. The van der Waals surface area contributed by atoms with E-state index in [0.717, 1.165) is 21.3 Å². The maximum absolute atomic E-state index is 10.2. The van der Waals surface area contributed by atoms with Crippen LogP contribution in [0.3, 0.4) is 0 Å². The first-order valence-electron chi connectivity index (χ1n) is 9.91. The average Bonchev–Trinajstić information content (AvgIpc) is 3.41. The minimum Gasteiger partial charge on any atom is -0.488 e. The predicted molar refractivity (Wildman–Crippen MR) is 116 cm³/mol. The molecule has 3 aromatic rings. The molecule has 2 aliphatic rings. The van der Waals surface area contributed by atoms with Gasteiger partial charge in [0.25, 0.3) is 5.89 Å². The van der Waals surface area contributed by atoms with Gasteiger partial charge in [0, 0.05) is 28.4 Å². The molecule has 2 aliphatic heterocycles. The Morgan fingerprint density at radius 2 is 1.97 bits per heavy atom. The van der Waals surface area contributed by atoms with Crippen molar-refractivity contribution in [2.45, 2.75) is 24.5 Å². The highest BCUT2D eigenvalue weighted by Crippen LogP contribution is 2.28. The van der Waals surface area contributed by atoms with Crippen molar-refractivity contribution >= 4 is 21.6 Å². The van der Waals surface area contributed by atoms with E-state index < -0.39 is 5.60 Å². The van der Waals surface area contributed by atoms with Crippen LogP contribution in [-0.4, -0.2) is 52.5 Å². The number of benzene rings is 2. The molecule has 0 bridgehead atoms. The van der Waals surface area contributed by atoms with Crippen LogP contribution < -0.4 is 4.74 Å². The summed E-state index contributed by atoms with van der Waals surface area (Å²) in [5.41, 5.74) is 1.71. The van der Waals surface area contributed by atoms with Crippen LogP contribution in [0.25, 0.3) is 22.8 Å². The molecule has 0 saturated carbocycles. The maximum atomic E-state index is 10.2. The molecule has 9 heteroatoms. The summed E-state index contributed by atoms with van der Waals surface area (Å²) in [4.78, 5) is 9.89. The first kappa shape index (κ1) is 20.2. The highest BCUT2D eigenvalue weighted by Gasteiger charge is 2.40. The highest BCUT2D eigenvalue weighted by molar-refractivity contribution is 9.10. The van der Waals surface area contributed by atoms with Crippen molar-refractivity contribution < 1.29 is 23.9 Å². The van der Waals surface area contributed by atoms with Crippen molar-refractivity contribution in [2.24, 2.45) is 5.16 Å². The van der Waals surface area contributed by atoms with Crippen molar-refractivity contribution in [1.82, 2.24) is 10.1 Å². The monoisotopic (exact) mass is 485 g/mol. The molecule has 0 amide bonds. The summed E-state index contributed by atoms with van der Waals surface area (Å²) in [6, 6.07) is 15.2. The van der Waals surface area contributed by atoms with Gasteiger partial charge in [-0.1, -0.05) is 32.3 Å². The van der Waals surface area contributed by atoms with Gasteiger partial charge < -0.3 is 23.9 Å². The number of halogens is 1. The number of hydrogen-bond acceptors (Lipinski definition) is 8. The average molecular weight is 486 g/mol. The van der Waals surface area contributed by atoms with Gasteiger partial charge >= 0.3 is 0 Å². The van der Waals surface area contributed by atoms with Crippen LogP contribution in [0.15, 0.2) is 62.7 Å². The Labute approximate surface area is 186 Å². The van der Waals surface area contributed by atoms with Gasteiger partial charge in [-0.3, -0.25) is 0 Å². The quantitative estimate of drug-likeness (QED) is 0.542. The van der Waals surface area contributed by atoms with Crippen LogP contribution in [0.4, 0.5) is 0 Å². The predicted octanol–water partition coefficient (Wildman–Crippen LogP) is 3.84. The van der Waals surface area contributed by atoms with Crippen molar-refractivity contribution in [3.63, 3.8) is 0 Å².